The number of aromatic nitrogens is 3. The zero-order chi connectivity index (χ0) is 18.3. The van der Waals surface area contributed by atoms with Gasteiger partial charge in [0.2, 0.25) is 0 Å². The van der Waals surface area contributed by atoms with Crippen LogP contribution in [0, 0.1) is 17.0 Å². The van der Waals surface area contributed by atoms with Crippen LogP contribution in [0.2, 0.25) is 5.15 Å². The number of fused-ring (bicyclic) bond motifs is 1. The van der Waals surface area contributed by atoms with E-state index >= 15 is 0 Å². The summed E-state index contributed by atoms with van der Waals surface area (Å²) in [5.74, 6) is 0. The summed E-state index contributed by atoms with van der Waals surface area (Å²) in [7, 11) is 0. The van der Waals surface area contributed by atoms with E-state index in [2.05, 4.69) is 15.2 Å². The van der Waals surface area contributed by atoms with Crippen molar-refractivity contribution in [2.45, 2.75) is 6.92 Å². The van der Waals surface area contributed by atoms with E-state index < -0.39 is 4.92 Å². The summed E-state index contributed by atoms with van der Waals surface area (Å²) in [4.78, 5) is 15.3. The quantitative estimate of drug-likeness (QED) is 0.309. The third-order valence-corrected chi connectivity index (χ3v) is 4.43. The number of H-pyrrole nitrogens is 1. The van der Waals surface area contributed by atoms with Crippen LogP contribution in [-0.2, 0) is 0 Å². The summed E-state index contributed by atoms with van der Waals surface area (Å²) in [6.07, 6.45) is 0. The summed E-state index contributed by atoms with van der Waals surface area (Å²) >= 11 is 6.51. The molecule has 2 heterocycles. The monoisotopic (exact) mass is 364 g/mol. The molecule has 0 saturated carbocycles. The van der Waals surface area contributed by atoms with Crippen molar-refractivity contribution in [1.29, 1.82) is 0 Å². The number of benzene rings is 2. The van der Waals surface area contributed by atoms with Crippen molar-refractivity contribution >= 4 is 28.2 Å². The van der Waals surface area contributed by atoms with Crippen LogP contribution in [0.3, 0.4) is 0 Å². The van der Waals surface area contributed by atoms with E-state index in [1.165, 1.54) is 12.1 Å². The first-order valence-electron chi connectivity index (χ1n) is 7.90. The minimum absolute atomic E-state index is 0.00274. The van der Waals surface area contributed by atoms with Gasteiger partial charge in [0, 0.05) is 34.3 Å². The molecule has 0 spiro atoms. The zero-order valence-corrected chi connectivity index (χ0v) is 14.5. The van der Waals surface area contributed by atoms with Crippen LogP contribution in [0.5, 0.6) is 0 Å². The van der Waals surface area contributed by atoms with Gasteiger partial charge in [-0.2, -0.15) is 5.10 Å². The van der Waals surface area contributed by atoms with E-state index in [1.807, 2.05) is 43.3 Å². The van der Waals surface area contributed by atoms with Gasteiger partial charge in [-0.25, -0.2) is 4.98 Å². The Morgan fingerprint density at radius 3 is 2.50 bits per heavy atom. The molecule has 0 atom stereocenters. The largest absolute Gasteiger partial charge is 0.282 e. The molecule has 0 saturated heterocycles. The Morgan fingerprint density at radius 1 is 1.08 bits per heavy atom. The number of pyridine rings is 1. The Bertz CT molecular complexity index is 1140. The fourth-order valence-electron chi connectivity index (χ4n) is 3.02. The minimum Gasteiger partial charge on any atom is -0.282 e. The molecular formula is C19H13ClN4O2. The van der Waals surface area contributed by atoms with E-state index in [4.69, 9.17) is 11.6 Å². The number of nitrogens with zero attached hydrogens (tertiary/aromatic N) is 3. The van der Waals surface area contributed by atoms with Crippen LogP contribution in [-0.4, -0.2) is 20.1 Å². The first-order chi connectivity index (χ1) is 12.5. The SMILES string of the molecule is Cc1cc(-c2c(Cl)nc3ccc([N+](=O)[O-])cc3c2-c2ccccc2)n[nH]1. The van der Waals surface area contributed by atoms with Gasteiger partial charge in [-0.15, -0.1) is 0 Å². The lowest BCUT2D eigenvalue weighted by molar-refractivity contribution is -0.384. The molecule has 1 N–H and O–H groups in total. The van der Waals surface area contributed by atoms with E-state index in [1.54, 1.807) is 6.07 Å². The lowest BCUT2D eigenvalue weighted by atomic mass is 9.94. The van der Waals surface area contributed by atoms with Gasteiger partial charge < -0.3 is 0 Å². The van der Waals surface area contributed by atoms with Gasteiger partial charge in [0.1, 0.15) is 5.15 Å². The number of non-ortho nitro benzene ring substituents is 1. The van der Waals surface area contributed by atoms with E-state index in [0.29, 0.717) is 27.3 Å². The number of hydrogen-bond donors (Lipinski definition) is 1. The molecule has 4 aromatic rings. The topological polar surface area (TPSA) is 84.7 Å². The van der Waals surface area contributed by atoms with Crippen LogP contribution in [0.1, 0.15) is 5.69 Å². The molecule has 0 amide bonds. The Kier molecular flexibility index (Phi) is 3.89. The highest BCUT2D eigenvalue weighted by Crippen LogP contribution is 2.41. The van der Waals surface area contributed by atoms with Crippen molar-refractivity contribution in [3.63, 3.8) is 0 Å². The van der Waals surface area contributed by atoms with Gasteiger partial charge in [0.05, 0.1) is 16.1 Å². The normalized spacial score (nSPS) is 11.0. The van der Waals surface area contributed by atoms with Crippen molar-refractivity contribution in [2.75, 3.05) is 0 Å². The number of hydrogen-bond acceptors (Lipinski definition) is 4. The number of nitrogens with one attached hydrogen (secondary N) is 1. The third kappa shape index (κ3) is 2.70. The predicted octanol–water partition coefficient (Wildman–Crippen LogP) is 5.16. The predicted molar refractivity (Wildman–Crippen MR) is 101 cm³/mol. The number of aryl methyl sites for hydroxylation is 1. The van der Waals surface area contributed by atoms with E-state index in [-0.39, 0.29) is 5.69 Å². The average Bonchev–Trinajstić information content (AvgIpc) is 3.06. The smallest absolute Gasteiger partial charge is 0.270 e. The lowest BCUT2D eigenvalue weighted by Gasteiger charge is -2.13. The van der Waals surface area contributed by atoms with Crippen molar-refractivity contribution in [1.82, 2.24) is 15.2 Å². The van der Waals surface area contributed by atoms with Crippen LogP contribution in [0.15, 0.2) is 54.6 Å². The maximum absolute atomic E-state index is 11.3. The third-order valence-electron chi connectivity index (χ3n) is 4.16. The summed E-state index contributed by atoms with van der Waals surface area (Å²) in [6.45, 7) is 1.89. The van der Waals surface area contributed by atoms with Crippen molar-refractivity contribution in [3.05, 3.63) is 75.6 Å². The van der Waals surface area contributed by atoms with Crippen molar-refractivity contribution < 1.29 is 4.92 Å². The molecule has 2 aromatic carbocycles. The van der Waals surface area contributed by atoms with Gasteiger partial charge in [-0.3, -0.25) is 15.2 Å². The molecule has 26 heavy (non-hydrogen) atoms. The first kappa shape index (κ1) is 16.2. The fraction of sp³-hybridized carbons (Fsp3) is 0.0526. The van der Waals surface area contributed by atoms with Gasteiger partial charge in [0.15, 0.2) is 0 Å². The van der Waals surface area contributed by atoms with Gasteiger partial charge in [0.25, 0.3) is 5.69 Å². The Morgan fingerprint density at radius 2 is 1.85 bits per heavy atom. The first-order valence-corrected chi connectivity index (χ1v) is 8.28. The molecule has 0 aliphatic rings. The number of nitro groups is 1. The molecule has 4 rings (SSSR count). The van der Waals surface area contributed by atoms with Crippen LogP contribution < -0.4 is 0 Å². The summed E-state index contributed by atoms with van der Waals surface area (Å²) < 4.78 is 0. The molecule has 0 radical (unpaired) electrons. The summed E-state index contributed by atoms with van der Waals surface area (Å²) in [6, 6.07) is 16.1. The highest BCUT2D eigenvalue weighted by Gasteiger charge is 2.20. The van der Waals surface area contributed by atoms with Gasteiger partial charge in [-0.1, -0.05) is 41.9 Å². The highest BCUT2D eigenvalue weighted by molar-refractivity contribution is 6.34. The Hall–Kier alpha value is -3.25. The molecule has 0 aliphatic heterocycles. The second kappa shape index (κ2) is 6.24. The second-order valence-corrected chi connectivity index (χ2v) is 6.27. The molecule has 0 fully saturated rings. The lowest BCUT2D eigenvalue weighted by Crippen LogP contribution is -1.95. The highest BCUT2D eigenvalue weighted by atomic mass is 35.5. The van der Waals surface area contributed by atoms with E-state index in [0.717, 1.165) is 16.8 Å². The maximum atomic E-state index is 11.3. The molecule has 7 heteroatoms. The maximum Gasteiger partial charge on any atom is 0.270 e. The Balaban J connectivity index is 2.15. The molecule has 0 bridgehead atoms. The standard InChI is InChI=1S/C19H13ClN4O2/c1-11-9-16(23-22-11)18-17(12-5-3-2-4-6-12)14-10-13(24(25)26)7-8-15(14)21-19(18)20/h2-10H,1H3,(H,22,23). The second-order valence-electron chi connectivity index (χ2n) is 5.91. The fourth-order valence-corrected chi connectivity index (χ4v) is 3.30. The van der Waals surface area contributed by atoms with Crippen LogP contribution >= 0.6 is 11.6 Å². The van der Waals surface area contributed by atoms with Crippen molar-refractivity contribution in [3.8, 4) is 22.4 Å². The molecule has 0 aliphatic carbocycles. The minimum atomic E-state index is -0.415. The number of aromatic amines is 1. The molecule has 6 nitrogen and oxygen atoms in total. The summed E-state index contributed by atoms with van der Waals surface area (Å²) in [5.41, 5.74) is 4.43. The molecule has 0 unspecified atom stereocenters. The van der Waals surface area contributed by atoms with Gasteiger partial charge in [-0.05, 0) is 24.6 Å². The van der Waals surface area contributed by atoms with Crippen LogP contribution in [0.25, 0.3) is 33.3 Å². The average molecular weight is 365 g/mol. The van der Waals surface area contributed by atoms with Crippen molar-refractivity contribution in [2.24, 2.45) is 0 Å². The number of nitro benzene ring substituents is 1. The summed E-state index contributed by atoms with van der Waals surface area (Å²) in [5, 5.41) is 19.4. The number of rotatable bonds is 3. The zero-order valence-electron chi connectivity index (χ0n) is 13.7. The molecule has 128 valence electrons. The van der Waals surface area contributed by atoms with Gasteiger partial charge >= 0.3 is 0 Å². The Labute approximate surface area is 153 Å². The molecular weight excluding hydrogens is 352 g/mol. The number of halogens is 1. The molecule has 2 aromatic heterocycles. The van der Waals surface area contributed by atoms with E-state index in [9.17, 15) is 10.1 Å². The van der Waals surface area contributed by atoms with Crippen LogP contribution in [0.4, 0.5) is 5.69 Å².